The molecule has 2 aromatic carbocycles. The number of benzene rings is 2. The van der Waals surface area contributed by atoms with E-state index in [0.29, 0.717) is 72.7 Å². The van der Waals surface area contributed by atoms with Gasteiger partial charge in [-0.15, -0.1) is 0 Å². The predicted octanol–water partition coefficient (Wildman–Crippen LogP) is 5.80. The molecule has 266 valence electrons. The summed E-state index contributed by atoms with van der Waals surface area (Å²) in [6, 6.07) is 10.8. The Morgan fingerprint density at radius 2 is 1.96 bits per heavy atom. The summed E-state index contributed by atoms with van der Waals surface area (Å²) in [6.07, 6.45) is 5.61. The molecule has 0 saturated carbocycles. The third-order valence-electron chi connectivity index (χ3n) is 10.9. The molecule has 14 heteroatoms. The van der Waals surface area contributed by atoms with Gasteiger partial charge in [0.15, 0.2) is 5.82 Å². The number of anilines is 1. The van der Waals surface area contributed by atoms with Gasteiger partial charge in [-0.3, -0.25) is 14.7 Å². The van der Waals surface area contributed by atoms with Crippen LogP contribution in [0.5, 0.6) is 6.01 Å². The van der Waals surface area contributed by atoms with Gasteiger partial charge in [-0.1, -0.05) is 48.0 Å². The Bertz CT molecular complexity index is 2060. The zero-order chi connectivity index (χ0) is 35.4. The number of carboxylic acid groups (broad SMARTS) is 1. The zero-order valence-electron chi connectivity index (χ0n) is 28.1. The molecule has 3 atom stereocenters. The number of pyridine rings is 1. The number of carbonyl (C=O) groups is 2. The Labute approximate surface area is 298 Å². The predicted molar refractivity (Wildman–Crippen MR) is 189 cm³/mol. The minimum Gasteiger partial charge on any atom is -0.465 e. The fraction of sp³-hybridized carbons (Fsp3) is 0.432. The van der Waals surface area contributed by atoms with E-state index in [9.17, 15) is 19.1 Å². The Balaban J connectivity index is 1.07. The molecule has 4 aliphatic heterocycles. The summed E-state index contributed by atoms with van der Waals surface area (Å²) in [5.74, 6) is -0.249. The van der Waals surface area contributed by atoms with Crippen LogP contribution in [0.1, 0.15) is 25.7 Å². The number of hydrogen-bond donors (Lipinski definition) is 1. The van der Waals surface area contributed by atoms with Crippen molar-refractivity contribution in [1.29, 1.82) is 0 Å². The first-order valence-electron chi connectivity index (χ1n) is 17.3. The van der Waals surface area contributed by atoms with Crippen molar-refractivity contribution in [2.45, 2.75) is 43.4 Å². The number of fused-ring (bicyclic) bond motifs is 3. The summed E-state index contributed by atoms with van der Waals surface area (Å²) < 4.78 is 37.5. The molecule has 11 nitrogen and oxygen atoms in total. The van der Waals surface area contributed by atoms with Crippen LogP contribution in [0.15, 0.2) is 54.7 Å². The van der Waals surface area contributed by atoms with Crippen molar-refractivity contribution in [2.24, 2.45) is 5.92 Å². The van der Waals surface area contributed by atoms with Crippen molar-refractivity contribution in [2.75, 3.05) is 57.8 Å². The first kappa shape index (κ1) is 33.5. The van der Waals surface area contributed by atoms with Gasteiger partial charge in [-0.25, -0.2) is 13.6 Å². The third-order valence-corrected chi connectivity index (χ3v) is 11.2. The molecule has 4 aromatic rings. The highest BCUT2D eigenvalue weighted by Crippen LogP contribution is 2.41. The van der Waals surface area contributed by atoms with E-state index in [2.05, 4.69) is 14.9 Å². The molecule has 6 heterocycles. The van der Waals surface area contributed by atoms with Gasteiger partial charge >= 0.3 is 12.1 Å². The summed E-state index contributed by atoms with van der Waals surface area (Å²) in [7, 11) is 1.85. The largest absolute Gasteiger partial charge is 0.465 e. The van der Waals surface area contributed by atoms with Gasteiger partial charge in [0.1, 0.15) is 29.8 Å². The molecule has 0 spiro atoms. The lowest BCUT2D eigenvalue weighted by molar-refractivity contribution is -0.131. The van der Waals surface area contributed by atoms with E-state index in [4.69, 9.17) is 21.3 Å². The van der Waals surface area contributed by atoms with E-state index in [1.165, 1.54) is 11.0 Å². The molecule has 0 unspecified atom stereocenters. The second-order valence-corrected chi connectivity index (χ2v) is 14.6. The Morgan fingerprint density at radius 1 is 1.16 bits per heavy atom. The number of halogens is 3. The van der Waals surface area contributed by atoms with E-state index in [1.807, 2.05) is 36.2 Å². The third kappa shape index (κ3) is 6.09. The monoisotopic (exact) mass is 717 g/mol. The number of ether oxygens (including phenoxy) is 1. The van der Waals surface area contributed by atoms with Crippen LogP contribution in [0.4, 0.5) is 19.4 Å². The van der Waals surface area contributed by atoms with Crippen LogP contribution >= 0.6 is 11.6 Å². The molecule has 4 saturated heterocycles. The summed E-state index contributed by atoms with van der Waals surface area (Å²) in [5, 5.41) is 11.6. The molecule has 51 heavy (non-hydrogen) atoms. The number of aromatic nitrogens is 3. The van der Waals surface area contributed by atoms with E-state index in [-0.39, 0.29) is 41.7 Å². The van der Waals surface area contributed by atoms with Crippen molar-refractivity contribution >= 4 is 51.1 Å². The van der Waals surface area contributed by atoms with Crippen LogP contribution in [-0.4, -0.2) is 117 Å². The topological polar surface area (TPSA) is 115 Å². The number of alkyl halides is 1. The minimum atomic E-state index is -0.988. The van der Waals surface area contributed by atoms with Crippen molar-refractivity contribution in [1.82, 2.24) is 29.7 Å². The zero-order valence-corrected chi connectivity index (χ0v) is 28.9. The average molecular weight is 718 g/mol. The Morgan fingerprint density at radius 3 is 2.73 bits per heavy atom. The molecule has 1 N–H and O–H groups in total. The summed E-state index contributed by atoms with van der Waals surface area (Å²) in [4.78, 5) is 45.0. The van der Waals surface area contributed by atoms with Crippen LogP contribution in [-0.2, 0) is 4.79 Å². The first-order chi connectivity index (χ1) is 24.6. The van der Waals surface area contributed by atoms with Gasteiger partial charge < -0.3 is 24.5 Å². The highest BCUT2D eigenvalue weighted by Gasteiger charge is 2.49. The van der Waals surface area contributed by atoms with Gasteiger partial charge in [0.2, 0.25) is 5.91 Å². The SMILES string of the molecule is CN(CC1CN(C(=O)/C=C/[C@@H]2CCN2C(=O)O)C1)c1nc(OC[C@@]23CCCN2C[C@H](F)C3)nc2c(F)c(-c3cccc4cccc(Cl)c34)ncc12. The quantitative estimate of drug-likeness (QED) is 0.215. The van der Waals surface area contributed by atoms with Crippen LogP contribution in [0.3, 0.4) is 0 Å². The molecule has 0 radical (unpaired) electrons. The lowest BCUT2D eigenvalue weighted by atomic mass is 9.95. The number of rotatable bonds is 9. The number of carbonyl (C=O) groups excluding carboxylic acids is 1. The molecular weight excluding hydrogens is 680 g/mol. The van der Waals surface area contributed by atoms with Crippen LogP contribution < -0.4 is 9.64 Å². The fourth-order valence-electron chi connectivity index (χ4n) is 8.19. The van der Waals surface area contributed by atoms with Gasteiger partial charge in [0, 0.05) is 80.4 Å². The lowest BCUT2D eigenvalue weighted by Gasteiger charge is -2.41. The molecule has 2 aromatic heterocycles. The highest BCUT2D eigenvalue weighted by atomic mass is 35.5. The number of hydrogen-bond acceptors (Lipinski definition) is 8. The molecule has 4 aliphatic rings. The number of likely N-dealkylation sites (tertiary alicyclic amines) is 2. The van der Waals surface area contributed by atoms with E-state index < -0.39 is 23.6 Å². The van der Waals surface area contributed by atoms with Crippen LogP contribution in [0, 0.1) is 11.7 Å². The molecular formula is C37H38ClF2N7O4. The standard InChI is InChI=1S/C37H38ClF2N7O4/c1-44(17-22-18-45(19-22)29(48)10-9-25-11-14-47(25)36(49)50)34-27-16-41-32(26-7-2-5-23-6-3-8-28(38)30(23)26)31(40)33(27)42-35(43-34)51-21-37-12-4-13-46(37)20-24(39)15-37/h2-3,5-10,16,22,24-25H,4,11-15,17-21H2,1H3,(H,49,50)/b10-9+/t24-,25-,37+/m1/s1. The second kappa shape index (κ2) is 13.2. The smallest absolute Gasteiger partial charge is 0.407 e. The molecule has 4 fully saturated rings. The maximum absolute atomic E-state index is 16.7. The van der Waals surface area contributed by atoms with Crippen LogP contribution in [0.2, 0.25) is 5.02 Å². The average Bonchev–Trinajstić information content (AvgIpc) is 3.60. The molecule has 0 aliphatic carbocycles. The van der Waals surface area contributed by atoms with Crippen molar-refractivity contribution in [3.05, 3.63) is 65.6 Å². The van der Waals surface area contributed by atoms with Crippen molar-refractivity contribution in [3.63, 3.8) is 0 Å². The van der Waals surface area contributed by atoms with Crippen LogP contribution in [0.25, 0.3) is 32.9 Å². The Hall–Kier alpha value is -4.62. The second-order valence-electron chi connectivity index (χ2n) is 14.2. The molecule has 0 bridgehead atoms. The normalized spacial score (nSPS) is 23.5. The lowest BCUT2D eigenvalue weighted by Crippen LogP contribution is -2.53. The summed E-state index contributed by atoms with van der Waals surface area (Å²) in [5.41, 5.74) is 0.251. The van der Waals surface area contributed by atoms with E-state index in [1.54, 1.807) is 29.3 Å². The summed E-state index contributed by atoms with van der Waals surface area (Å²) >= 11 is 6.60. The van der Waals surface area contributed by atoms with Gasteiger partial charge in [0.05, 0.1) is 17.0 Å². The summed E-state index contributed by atoms with van der Waals surface area (Å²) in [6.45, 7) is 3.38. The Kier molecular flexibility index (Phi) is 8.66. The fourth-order valence-corrected chi connectivity index (χ4v) is 8.47. The maximum Gasteiger partial charge on any atom is 0.407 e. The first-order valence-corrected chi connectivity index (χ1v) is 17.7. The van der Waals surface area contributed by atoms with Gasteiger partial charge in [-0.2, -0.15) is 9.97 Å². The molecule has 2 amide bonds. The number of nitrogens with zero attached hydrogens (tertiary/aromatic N) is 7. The van der Waals surface area contributed by atoms with Gasteiger partial charge in [0.25, 0.3) is 0 Å². The van der Waals surface area contributed by atoms with Crippen molar-refractivity contribution < 1.29 is 28.2 Å². The van der Waals surface area contributed by atoms with Gasteiger partial charge in [-0.05, 0) is 37.3 Å². The van der Waals surface area contributed by atoms with E-state index >= 15 is 4.39 Å². The number of amides is 2. The van der Waals surface area contributed by atoms with Crippen molar-refractivity contribution in [3.8, 4) is 17.3 Å². The maximum atomic E-state index is 16.7. The van der Waals surface area contributed by atoms with E-state index in [0.717, 1.165) is 24.8 Å². The highest BCUT2D eigenvalue weighted by molar-refractivity contribution is 6.36. The minimum absolute atomic E-state index is 0.00170. The molecule has 8 rings (SSSR count).